The van der Waals surface area contributed by atoms with Gasteiger partial charge in [-0.05, 0) is 39.4 Å². The van der Waals surface area contributed by atoms with Gasteiger partial charge in [-0.1, -0.05) is 34.6 Å². The summed E-state index contributed by atoms with van der Waals surface area (Å²) in [7, 11) is 2.06. The van der Waals surface area contributed by atoms with Crippen LogP contribution in [-0.2, 0) is 0 Å². The van der Waals surface area contributed by atoms with E-state index < -0.39 is 0 Å². The molecule has 0 aliphatic carbocycles. The first-order valence-electron chi connectivity index (χ1n) is 6.76. The van der Waals surface area contributed by atoms with Gasteiger partial charge in [0, 0.05) is 12.6 Å². The van der Waals surface area contributed by atoms with E-state index in [4.69, 9.17) is 0 Å². The average Bonchev–Trinajstić information content (AvgIpc) is 2.84. The zero-order valence-corrected chi connectivity index (χ0v) is 11.8. The minimum absolute atomic E-state index is 0.702. The van der Waals surface area contributed by atoms with Crippen molar-refractivity contribution in [3.05, 3.63) is 0 Å². The molecule has 1 heterocycles. The summed E-state index contributed by atoms with van der Waals surface area (Å²) >= 11 is 0. The lowest BCUT2D eigenvalue weighted by molar-refractivity contribution is 0.293. The van der Waals surface area contributed by atoms with E-state index in [1.54, 1.807) is 0 Å². The molecule has 1 saturated heterocycles. The van der Waals surface area contributed by atoms with Gasteiger partial charge in [0.2, 0.25) is 0 Å². The van der Waals surface area contributed by atoms with E-state index in [2.05, 4.69) is 24.2 Å². The van der Waals surface area contributed by atoms with E-state index in [9.17, 15) is 0 Å². The Balaban J connectivity index is 0. The Morgan fingerprint density at radius 3 is 1.87 bits per heavy atom. The summed E-state index contributed by atoms with van der Waals surface area (Å²) in [6.45, 7) is 14.1. The van der Waals surface area contributed by atoms with E-state index in [1.807, 2.05) is 27.7 Å². The molecule has 0 saturated carbocycles. The second kappa shape index (κ2) is 13.9. The highest BCUT2D eigenvalue weighted by Crippen LogP contribution is 2.08. The number of hydrogen-bond donors (Lipinski definition) is 1. The van der Waals surface area contributed by atoms with Gasteiger partial charge < -0.3 is 10.2 Å². The normalized spacial score (nSPS) is 17.2. The molecule has 1 N–H and O–H groups in total. The number of hydrogen-bond acceptors (Lipinski definition) is 2. The van der Waals surface area contributed by atoms with E-state index in [0.717, 1.165) is 0 Å². The first-order valence-corrected chi connectivity index (χ1v) is 6.76. The van der Waals surface area contributed by atoms with Crippen LogP contribution >= 0.6 is 0 Å². The molecule has 0 aromatic rings. The standard InChI is InChI=1S/C9H20N2.2C2H6/c1-3-9(10-2)8-11-6-4-5-7-11;2*1-2/h9-10H,3-8H2,1-2H3;2*1-2H3. The van der Waals surface area contributed by atoms with Crippen LogP contribution in [0.4, 0.5) is 0 Å². The van der Waals surface area contributed by atoms with Crippen LogP contribution in [-0.4, -0.2) is 37.6 Å². The van der Waals surface area contributed by atoms with Crippen molar-refractivity contribution in [2.75, 3.05) is 26.7 Å². The first kappa shape index (κ1) is 17.3. The zero-order chi connectivity index (χ0) is 12.1. The molecule has 1 atom stereocenters. The maximum Gasteiger partial charge on any atom is 0.0189 e. The van der Waals surface area contributed by atoms with Gasteiger partial charge in [0.25, 0.3) is 0 Å². The maximum atomic E-state index is 3.34. The van der Waals surface area contributed by atoms with E-state index in [1.165, 1.54) is 38.9 Å². The van der Waals surface area contributed by atoms with Crippen LogP contribution in [0, 0.1) is 0 Å². The third kappa shape index (κ3) is 8.88. The molecule has 0 bridgehead atoms. The van der Waals surface area contributed by atoms with Crippen molar-refractivity contribution >= 4 is 0 Å². The number of rotatable bonds is 4. The molecule has 0 spiro atoms. The summed E-state index contributed by atoms with van der Waals surface area (Å²) in [5.41, 5.74) is 0. The molecule has 15 heavy (non-hydrogen) atoms. The van der Waals surface area contributed by atoms with E-state index >= 15 is 0 Å². The fourth-order valence-electron chi connectivity index (χ4n) is 1.70. The molecule has 2 nitrogen and oxygen atoms in total. The van der Waals surface area contributed by atoms with Gasteiger partial charge >= 0.3 is 0 Å². The fraction of sp³-hybridized carbons (Fsp3) is 1.00. The summed E-state index contributed by atoms with van der Waals surface area (Å²) in [5.74, 6) is 0. The minimum Gasteiger partial charge on any atom is -0.316 e. The molecule has 1 unspecified atom stereocenters. The summed E-state index contributed by atoms with van der Waals surface area (Å²) in [6.07, 6.45) is 4.05. The SMILES string of the molecule is CC.CC.CCC(CN1CCCC1)NC. The van der Waals surface area contributed by atoms with Crippen LogP contribution in [0.5, 0.6) is 0 Å². The largest absolute Gasteiger partial charge is 0.316 e. The Kier molecular flexibility index (Phi) is 16.1. The van der Waals surface area contributed by atoms with Gasteiger partial charge in [0.1, 0.15) is 0 Å². The molecule has 1 aliphatic heterocycles. The van der Waals surface area contributed by atoms with Crippen LogP contribution < -0.4 is 5.32 Å². The molecule has 2 heteroatoms. The minimum atomic E-state index is 0.702. The van der Waals surface area contributed by atoms with Crippen LogP contribution in [0.2, 0.25) is 0 Å². The Bertz CT molecular complexity index is 94.7. The van der Waals surface area contributed by atoms with Gasteiger partial charge in [0.15, 0.2) is 0 Å². The van der Waals surface area contributed by atoms with Crippen molar-refractivity contribution < 1.29 is 0 Å². The van der Waals surface area contributed by atoms with Crippen molar-refractivity contribution in [3.63, 3.8) is 0 Å². The predicted molar refractivity (Wildman–Crippen MR) is 71.5 cm³/mol. The zero-order valence-electron chi connectivity index (χ0n) is 11.8. The summed E-state index contributed by atoms with van der Waals surface area (Å²) in [4.78, 5) is 2.56. The van der Waals surface area contributed by atoms with Crippen molar-refractivity contribution in [2.24, 2.45) is 0 Å². The van der Waals surface area contributed by atoms with Gasteiger partial charge in [-0.2, -0.15) is 0 Å². The predicted octanol–water partition coefficient (Wildman–Crippen LogP) is 3.13. The molecule has 0 amide bonds. The van der Waals surface area contributed by atoms with Crippen molar-refractivity contribution in [1.82, 2.24) is 10.2 Å². The summed E-state index contributed by atoms with van der Waals surface area (Å²) in [6, 6.07) is 0.702. The highest BCUT2D eigenvalue weighted by molar-refractivity contribution is 4.72. The van der Waals surface area contributed by atoms with Gasteiger partial charge in [-0.15, -0.1) is 0 Å². The van der Waals surface area contributed by atoms with Crippen LogP contribution in [0.15, 0.2) is 0 Å². The van der Waals surface area contributed by atoms with E-state index in [-0.39, 0.29) is 0 Å². The maximum absolute atomic E-state index is 3.34. The molecule has 0 radical (unpaired) electrons. The second-order valence-electron chi connectivity index (χ2n) is 3.40. The lowest BCUT2D eigenvalue weighted by atomic mass is 10.2. The first-order chi connectivity index (χ1) is 7.36. The third-order valence-corrected chi connectivity index (χ3v) is 2.58. The number of nitrogens with zero attached hydrogens (tertiary/aromatic N) is 1. The Hall–Kier alpha value is -0.0800. The van der Waals surface area contributed by atoms with Crippen LogP contribution in [0.1, 0.15) is 53.9 Å². The molecular weight excluding hydrogens is 184 g/mol. The van der Waals surface area contributed by atoms with E-state index in [0.29, 0.717) is 6.04 Å². The van der Waals surface area contributed by atoms with Crippen molar-refractivity contribution in [3.8, 4) is 0 Å². The van der Waals surface area contributed by atoms with Gasteiger partial charge in [-0.25, -0.2) is 0 Å². The third-order valence-electron chi connectivity index (χ3n) is 2.58. The smallest absolute Gasteiger partial charge is 0.0189 e. The quantitative estimate of drug-likeness (QED) is 0.777. The molecule has 1 fully saturated rings. The topological polar surface area (TPSA) is 15.3 Å². The summed E-state index contributed by atoms with van der Waals surface area (Å²) in [5, 5.41) is 3.34. The molecule has 0 aromatic carbocycles. The van der Waals surface area contributed by atoms with Crippen molar-refractivity contribution in [2.45, 2.75) is 59.9 Å². The second-order valence-corrected chi connectivity index (χ2v) is 3.40. The van der Waals surface area contributed by atoms with Crippen LogP contribution in [0.3, 0.4) is 0 Å². The lowest BCUT2D eigenvalue weighted by Gasteiger charge is -2.21. The monoisotopic (exact) mass is 216 g/mol. The van der Waals surface area contributed by atoms with Gasteiger partial charge in [-0.3, -0.25) is 0 Å². The number of likely N-dealkylation sites (tertiary alicyclic amines) is 1. The molecule has 0 aromatic heterocycles. The lowest BCUT2D eigenvalue weighted by Crippen LogP contribution is -2.37. The molecule has 1 aliphatic rings. The fourth-order valence-corrected chi connectivity index (χ4v) is 1.70. The van der Waals surface area contributed by atoms with Crippen LogP contribution in [0.25, 0.3) is 0 Å². The summed E-state index contributed by atoms with van der Waals surface area (Å²) < 4.78 is 0. The Labute approximate surface area is 97.4 Å². The Morgan fingerprint density at radius 1 is 1.07 bits per heavy atom. The number of nitrogens with one attached hydrogen (secondary N) is 1. The highest BCUT2D eigenvalue weighted by atomic mass is 15.2. The number of likely N-dealkylation sites (N-methyl/N-ethyl adjacent to an activating group) is 1. The molecular formula is C13H32N2. The highest BCUT2D eigenvalue weighted by Gasteiger charge is 2.14. The average molecular weight is 216 g/mol. The molecule has 94 valence electrons. The van der Waals surface area contributed by atoms with Crippen molar-refractivity contribution in [1.29, 1.82) is 0 Å². The van der Waals surface area contributed by atoms with Gasteiger partial charge in [0.05, 0.1) is 0 Å². The Morgan fingerprint density at radius 2 is 1.53 bits per heavy atom. The molecule has 1 rings (SSSR count).